The van der Waals surface area contributed by atoms with Gasteiger partial charge in [-0.3, -0.25) is 14.3 Å². The summed E-state index contributed by atoms with van der Waals surface area (Å²) in [5.41, 5.74) is -0.303. The Hall–Kier alpha value is -0.420. The maximum absolute atomic E-state index is 12.5. The highest BCUT2D eigenvalue weighted by molar-refractivity contribution is 7.84. The lowest BCUT2D eigenvalue weighted by atomic mass is 9.98. The van der Waals surface area contributed by atoms with Crippen molar-refractivity contribution in [1.82, 2.24) is 10.2 Å². The minimum absolute atomic E-state index is 0.0517. The third kappa shape index (κ3) is 2.27. The molecule has 1 saturated carbocycles. The summed E-state index contributed by atoms with van der Waals surface area (Å²) in [5, 5.41) is 3.46. The molecule has 0 radical (unpaired) electrons. The van der Waals surface area contributed by atoms with Crippen molar-refractivity contribution in [3.05, 3.63) is 0 Å². The zero-order valence-electron chi connectivity index (χ0n) is 10.9. The van der Waals surface area contributed by atoms with Gasteiger partial charge < -0.3 is 4.90 Å². The van der Waals surface area contributed by atoms with Crippen molar-refractivity contribution >= 4 is 16.7 Å². The van der Waals surface area contributed by atoms with Crippen molar-refractivity contribution in [3.63, 3.8) is 0 Å². The van der Waals surface area contributed by atoms with Crippen LogP contribution in [0.25, 0.3) is 0 Å². The van der Waals surface area contributed by atoms with Crippen LogP contribution in [0.2, 0.25) is 0 Å². The van der Waals surface area contributed by atoms with Crippen LogP contribution in [0, 0.1) is 0 Å². The molecule has 98 valence electrons. The second kappa shape index (κ2) is 4.69. The standard InChI is InChI=1S/C12H22N2O2S/c1-9(8-17(3)16)14-10(2)13-12(11(14)15)6-4-5-7-12/h9-10,13H,4-8H2,1-3H3. The fourth-order valence-corrected chi connectivity index (χ4v) is 4.13. The third-order valence-electron chi connectivity index (χ3n) is 3.95. The number of nitrogens with zero attached hydrogens (tertiary/aromatic N) is 1. The van der Waals surface area contributed by atoms with Gasteiger partial charge in [0.05, 0.1) is 11.7 Å². The predicted octanol–water partition coefficient (Wildman–Crippen LogP) is 0.844. The first-order valence-electron chi connectivity index (χ1n) is 6.37. The summed E-state index contributed by atoms with van der Waals surface area (Å²) in [6, 6.07) is 0.0517. The minimum Gasteiger partial charge on any atom is -0.322 e. The summed E-state index contributed by atoms with van der Waals surface area (Å²) >= 11 is 0. The Labute approximate surface area is 106 Å². The summed E-state index contributed by atoms with van der Waals surface area (Å²) < 4.78 is 11.3. The van der Waals surface area contributed by atoms with E-state index in [1.807, 2.05) is 18.7 Å². The van der Waals surface area contributed by atoms with Gasteiger partial charge in [0.2, 0.25) is 5.91 Å². The summed E-state index contributed by atoms with van der Waals surface area (Å²) in [7, 11) is -0.856. The van der Waals surface area contributed by atoms with E-state index in [1.165, 1.54) is 0 Å². The Morgan fingerprint density at radius 1 is 1.53 bits per heavy atom. The van der Waals surface area contributed by atoms with E-state index in [1.54, 1.807) is 6.26 Å². The van der Waals surface area contributed by atoms with E-state index in [-0.39, 0.29) is 23.7 Å². The lowest BCUT2D eigenvalue weighted by molar-refractivity contribution is -0.134. The number of carbonyl (C=O) groups excluding carboxylic acids is 1. The molecule has 1 spiro atoms. The Morgan fingerprint density at radius 3 is 2.65 bits per heavy atom. The molecule has 2 rings (SSSR count). The quantitative estimate of drug-likeness (QED) is 0.816. The van der Waals surface area contributed by atoms with Crippen molar-refractivity contribution in [2.75, 3.05) is 12.0 Å². The number of hydrogen-bond donors (Lipinski definition) is 1. The van der Waals surface area contributed by atoms with E-state index >= 15 is 0 Å². The molecule has 17 heavy (non-hydrogen) atoms. The second-order valence-corrected chi connectivity index (χ2v) is 6.89. The molecule has 1 aliphatic heterocycles. The fraction of sp³-hybridized carbons (Fsp3) is 0.917. The molecule has 1 amide bonds. The molecule has 3 atom stereocenters. The maximum atomic E-state index is 12.5. The van der Waals surface area contributed by atoms with Crippen molar-refractivity contribution < 1.29 is 9.00 Å². The molecule has 0 bridgehead atoms. The highest BCUT2D eigenvalue weighted by atomic mass is 32.2. The SMILES string of the molecule is CC(CS(C)=O)N1C(=O)C2(CCCC2)NC1C. The van der Waals surface area contributed by atoms with Crippen LogP contribution in [0.1, 0.15) is 39.5 Å². The third-order valence-corrected chi connectivity index (χ3v) is 4.91. The van der Waals surface area contributed by atoms with Crippen molar-refractivity contribution in [1.29, 1.82) is 0 Å². The van der Waals surface area contributed by atoms with Gasteiger partial charge in [0, 0.05) is 28.9 Å². The molecule has 1 aliphatic carbocycles. The van der Waals surface area contributed by atoms with Crippen LogP contribution < -0.4 is 5.32 Å². The van der Waals surface area contributed by atoms with Crippen molar-refractivity contribution in [3.8, 4) is 0 Å². The van der Waals surface area contributed by atoms with E-state index in [2.05, 4.69) is 5.32 Å². The molecule has 2 aliphatic rings. The smallest absolute Gasteiger partial charge is 0.244 e. The second-order valence-electron chi connectivity index (χ2n) is 5.41. The van der Waals surface area contributed by atoms with Gasteiger partial charge in [-0.1, -0.05) is 12.8 Å². The summed E-state index contributed by atoms with van der Waals surface area (Å²) in [4.78, 5) is 14.4. The Morgan fingerprint density at radius 2 is 2.12 bits per heavy atom. The summed E-state index contributed by atoms with van der Waals surface area (Å²) in [6.07, 6.45) is 5.93. The molecule has 0 aromatic rings. The van der Waals surface area contributed by atoms with E-state index in [9.17, 15) is 9.00 Å². The van der Waals surface area contributed by atoms with Crippen LogP contribution in [0.3, 0.4) is 0 Å². The summed E-state index contributed by atoms with van der Waals surface area (Å²) in [5.74, 6) is 0.786. The molecular formula is C12H22N2O2S. The molecule has 2 fully saturated rings. The molecule has 1 N–H and O–H groups in total. The van der Waals surface area contributed by atoms with Gasteiger partial charge >= 0.3 is 0 Å². The van der Waals surface area contributed by atoms with E-state index in [0.717, 1.165) is 25.7 Å². The number of hydrogen-bond acceptors (Lipinski definition) is 3. The van der Waals surface area contributed by atoms with Gasteiger partial charge in [-0.05, 0) is 26.7 Å². The monoisotopic (exact) mass is 258 g/mol. The van der Waals surface area contributed by atoms with Gasteiger partial charge in [-0.15, -0.1) is 0 Å². The molecule has 0 aromatic heterocycles. The van der Waals surface area contributed by atoms with Crippen LogP contribution in [0.4, 0.5) is 0 Å². The van der Waals surface area contributed by atoms with Crippen LogP contribution in [0.5, 0.6) is 0 Å². The van der Waals surface area contributed by atoms with Crippen LogP contribution in [-0.4, -0.2) is 44.8 Å². The minimum atomic E-state index is -0.856. The molecule has 0 aromatic carbocycles. The van der Waals surface area contributed by atoms with Crippen molar-refractivity contribution in [2.24, 2.45) is 0 Å². The zero-order chi connectivity index (χ0) is 12.6. The highest BCUT2D eigenvalue weighted by Crippen LogP contribution is 2.37. The first-order valence-corrected chi connectivity index (χ1v) is 8.09. The topological polar surface area (TPSA) is 49.4 Å². The molecule has 3 unspecified atom stereocenters. The molecule has 1 saturated heterocycles. The number of rotatable bonds is 3. The van der Waals surface area contributed by atoms with Crippen molar-refractivity contribution in [2.45, 2.75) is 57.3 Å². The first kappa shape index (κ1) is 13.0. The van der Waals surface area contributed by atoms with Crippen LogP contribution in [0.15, 0.2) is 0 Å². The van der Waals surface area contributed by atoms with Crippen LogP contribution in [-0.2, 0) is 15.6 Å². The average molecular weight is 258 g/mol. The maximum Gasteiger partial charge on any atom is 0.244 e. The molecule has 4 nitrogen and oxygen atoms in total. The van der Waals surface area contributed by atoms with Gasteiger partial charge in [-0.25, -0.2) is 0 Å². The Balaban J connectivity index is 2.13. The van der Waals surface area contributed by atoms with Gasteiger partial charge in [-0.2, -0.15) is 0 Å². The lowest BCUT2D eigenvalue weighted by Gasteiger charge is -2.28. The highest BCUT2D eigenvalue weighted by Gasteiger charge is 2.52. The van der Waals surface area contributed by atoms with Gasteiger partial charge in [0.1, 0.15) is 0 Å². The predicted molar refractivity (Wildman–Crippen MR) is 69.0 cm³/mol. The molecular weight excluding hydrogens is 236 g/mol. The Kier molecular flexibility index (Phi) is 3.59. The lowest BCUT2D eigenvalue weighted by Crippen LogP contribution is -2.46. The summed E-state index contributed by atoms with van der Waals surface area (Å²) in [6.45, 7) is 4.02. The molecule has 1 heterocycles. The number of carbonyl (C=O) groups is 1. The zero-order valence-corrected chi connectivity index (χ0v) is 11.7. The van der Waals surface area contributed by atoms with E-state index in [0.29, 0.717) is 5.75 Å². The average Bonchev–Trinajstić information content (AvgIpc) is 2.74. The largest absolute Gasteiger partial charge is 0.322 e. The fourth-order valence-electron chi connectivity index (χ4n) is 3.29. The van der Waals surface area contributed by atoms with Gasteiger partial charge in [0.15, 0.2) is 0 Å². The first-order chi connectivity index (χ1) is 7.96. The Bertz CT molecular complexity index is 339. The number of nitrogens with one attached hydrogen (secondary N) is 1. The van der Waals surface area contributed by atoms with Crippen LogP contribution >= 0.6 is 0 Å². The normalized spacial score (nSPS) is 31.1. The molecule has 5 heteroatoms. The van der Waals surface area contributed by atoms with E-state index in [4.69, 9.17) is 0 Å². The number of amides is 1. The van der Waals surface area contributed by atoms with Gasteiger partial charge in [0.25, 0.3) is 0 Å². The van der Waals surface area contributed by atoms with E-state index < -0.39 is 10.8 Å².